The number of benzene rings is 2. The molecule has 0 saturated carbocycles. The van der Waals surface area contributed by atoms with E-state index in [2.05, 4.69) is 0 Å². The van der Waals surface area contributed by atoms with E-state index in [1.54, 1.807) is 36.4 Å². The van der Waals surface area contributed by atoms with E-state index in [-0.39, 0.29) is 17.8 Å². The first-order valence-corrected chi connectivity index (χ1v) is 7.85. The van der Waals surface area contributed by atoms with Crippen LogP contribution < -0.4 is 5.43 Å². The summed E-state index contributed by atoms with van der Waals surface area (Å²) in [5.41, 5.74) is 1.66. The van der Waals surface area contributed by atoms with Crippen LogP contribution in [0.5, 0.6) is 0 Å². The van der Waals surface area contributed by atoms with E-state index < -0.39 is 5.97 Å². The zero-order valence-corrected chi connectivity index (χ0v) is 14.1. The largest absolute Gasteiger partial charge is 0.455 e. The normalized spacial score (nSPS) is 10.8. The molecule has 3 rings (SSSR count). The van der Waals surface area contributed by atoms with Crippen molar-refractivity contribution in [2.45, 2.75) is 13.5 Å². The molecular formula is C18H12Cl2O4. The van der Waals surface area contributed by atoms with Crippen molar-refractivity contribution in [1.29, 1.82) is 0 Å². The molecular weight excluding hydrogens is 351 g/mol. The van der Waals surface area contributed by atoms with Gasteiger partial charge in [-0.3, -0.25) is 4.79 Å². The monoisotopic (exact) mass is 362 g/mol. The van der Waals surface area contributed by atoms with Gasteiger partial charge in [-0.25, -0.2) is 4.79 Å². The number of carbonyl (C=O) groups is 1. The Hall–Kier alpha value is -2.30. The maximum Gasteiger partial charge on any atom is 0.374 e. The average molecular weight is 363 g/mol. The van der Waals surface area contributed by atoms with Crippen LogP contribution in [0, 0.1) is 6.92 Å². The third-order valence-electron chi connectivity index (χ3n) is 3.44. The average Bonchev–Trinajstić information content (AvgIpc) is 2.56. The Morgan fingerprint density at radius 3 is 2.62 bits per heavy atom. The maximum atomic E-state index is 12.1. The van der Waals surface area contributed by atoms with Crippen LogP contribution in [0.15, 0.2) is 51.7 Å². The highest BCUT2D eigenvalue weighted by atomic mass is 35.5. The fourth-order valence-electron chi connectivity index (χ4n) is 2.22. The van der Waals surface area contributed by atoms with E-state index in [1.807, 2.05) is 6.92 Å². The molecule has 0 bridgehead atoms. The summed E-state index contributed by atoms with van der Waals surface area (Å²) in [7, 11) is 0. The zero-order valence-electron chi connectivity index (χ0n) is 12.6. The molecule has 0 fully saturated rings. The van der Waals surface area contributed by atoms with Gasteiger partial charge in [-0.2, -0.15) is 0 Å². The number of fused-ring (bicyclic) bond motifs is 1. The highest BCUT2D eigenvalue weighted by Crippen LogP contribution is 2.23. The van der Waals surface area contributed by atoms with Gasteiger partial charge in [0.2, 0.25) is 5.76 Å². The minimum Gasteiger partial charge on any atom is -0.455 e. The van der Waals surface area contributed by atoms with Crippen molar-refractivity contribution in [3.8, 4) is 0 Å². The van der Waals surface area contributed by atoms with Crippen LogP contribution >= 0.6 is 23.2 Å². The SMILES string of the molecule is Cc1ccc2oc(C(=O)OCc3ccc(Cl)c(Cl)c3)cc(=O)c2c1. The smallest absolute Gasteiger partial charge is 0.374 e. The van der Waals surface area contributed by atoms with Gasteiger partial charge < -0.3 is 9.15 Å². The van der Waals surface area contributed by atoms with Crippen molar-refractivity contribution in [3.63, 3.8) is 0 Å². The maximum absolute atomic E-state index is 12.1. The standard InChI is InChI=1S/C18H12Cl2O4/c1-10-2-5-16-12(6-10)15(21)8-17(24-16)18(22)23-9-11-3-4-13(19)14(20)7-11/h2-8H,9H2,1H3. The molecule has 0 aliphatic heterocycles. The molecule has 4 nitrogen and oxygen atoms in total. The van der Waals surface area contributed by atoms with Crippen molar-refractivity contribution in [2.24, 2.45) is 0 Å². The number of hydrogen-bond donors (Lipinski definition) is 0. The quantitative estimate of drug-likeness (QED) is 0.630. The van der Waals surface area contributed by atoms with E-state index in [4.69, 9.17) is 32.4 Å². The molecule has 0 aliphatic rings. The molecule has 0 N–H and O–H groups in total. The Balaban J connectivity index is 1.82. The van der Waals surface area contributed by atoms with E-state index in [0.717, 1.165) is 11.6 Å². The lowest BCUT2D eigenvalue weighted by atomic mass is 10.1. The van der Waals surface area contributed by atoms with Gasteiger partial charge in [0, 0.05) is 6.07 Å². The minimum absolute atomic E-state index is 0.00856. The first-order chi connectivity index (χ1) is 11.4. The Labute approximate surface area is 147 Å². The van der Waals surface area contributed by atoms with Crippen molar-refractivity contribution in [2.75, 3.05) is 0 Å². The fourth-order valence-corrected chi connectivity index (χ4v) is 2.54. The predicted molar refractivity (Wildman–Crippen MR) is 92.8 cm³/mol. The van der Waals surface area contributed by atoms with Crippen LogP contribution in [0.4, 0.5) is 0 Å². The van der Waals surface area contributed by atoms with Crippen molar-refractivity contribution < 1.29 is 13.9 Å². The number of aryl methyl sites for hydroxylation is 1. The van der Waals surface area contributed by atoms with Crippen LogP contribution in [0.1, 0.15) is 21.7 Å². The number of hydrogen-bond acceptors (Lipinski definition) is 4. The number of carbonyl (C=O) groups excluding carboxylic acids is 1. The van der Waals surface area contributed by atoms with E-state index in [0.29, 0.717) is 26.6 Å². The summed E-state index contributed by atoms with van der Waals surface area (Å²) in [5, 5.41) is 1.22. The summed E-state index contributed by atoms with van der Waals surface area (Å²) in [6.45, 7) is 1.86. The summed E-state index contributed by atoms with van der Waals surface area (Å²) in [5.74, 6) is -0.864. The van der Waals surface area contributed by atoms with Gasteiger partial charge >= 0.3 is 5.97 Å². The molecule has 0 amide bonds. The highest BCUT2D eigenvalue weighted by molar-refractivity contribution is 6.42. The summed E-state index contributed by atoms with van der Waals surface area (Å²) in [6.07, 6.45) is 0. The third kappa shape index (κ3) is 3.45. The Kier molecular flexibility index (Phi) is 4.60. The molecule has 0 spiro atoms. The van der Waals surface area contributed by atoms with Crippen LogP contribution in [-0.2, 0) is 11.3 Å². The molecule has 0 saturated heterocycles. The second-order valence-corrected chi connectivity index (χ2v) is 6.11. The van der Waals surface area contributed by atoms with Gasteiger partial charge in [0.25, 0.3) is 0 Å². The summed E-state index contributed by atoms with van der Waals surface area (Å²) in [4.78, 5) is 24.2. The number of rotatable bonds is 3. The van der Waals surface area contributed by atoms with Gasteiger partial charge in [-0.1, -0.05) is 40.9 Å². The lowest BCUT2D eigenvalue weighted by molar-refractivity contribution is 0.0436. The molecule has 6 heteroatoms. The molecule has 24 heavy (non-hydrogen) atoms. The molecule has 2 aromatic carbocycles. The van der Waals surface area contributed by atoms with Crippen molar-refractivity contribution in [1.82, 2.24) is 0 Å². The number of halogens is 2. The van der Waals surface area contributed by atoms with Crippen LogP contribution in [0.25, 0.3) is 11.0 Å². The predicted octanol–water partition coefficient (Wildman–Crippen LogP) is 4.77. The van der Waals surface area contributed by atoms with Crippen LogP contribution in [-0.4, -0.2) is 5.97 Å². The number of ether oxygens (including phenoxy) is 1. The first kappa shape index (κ1) is 16.6. The van der Waals surface area contributed by atoms with Gasteiger partial charge in [0.1, 0.15) is 12.2 Å². The summed E-state index contributed by atoms with van der Waals surface area (Å²) in [6, 6.07) is 11.2. The zero-order chi connectivity index (χ0) is 17.3. The molecule has 3 aromatic rings. The highest BCUT2D eigenvalue weighted by Gasteiger charge is 2.14. The Bertz CT molecular complexity index is 992. The molecule has 1 heterocycles. The third-order valence-corrected chi connectivity index (χ3v) is 4.18. The molecule has 0 aliphatic carbocycles. The van der Waals surface area contributed by atoms with E-state index in [1.165, 1.54) is 0 Å². The second-order valence-electron chi connectivity index (χ2n) is 5.30. The molecule has 0 atom stereocenters. The van der Waals surface area contributed by atoms with Crippen LogP contribution in [0.2, 0.25) is 10.0 Å². The molecule has 122 valence electrons. The molecule has 0 unspecified atom stereocenters. The van der Waals surface area contributed by atoms with E-state index in [9.17, 15) is 9.59 Å². The lowest BCUT2D eigenvalue weighted by Crippen LogP contribution is -2.10. The Morgan fingerprint density at radius 2 is 1.88 bits per heavy atom. The summed E-state index contributed by atoms with van der Waals surface area (Å²) >= 11 is 11.7. The molecule has 0 radical (unpaired) electrons. The van der Waals surface area contributed by atoms with Gasteiger partial charge in [-0.15, -0.1) is 0 Å². The minimum atomic E-state index is -0.722. The van der Waals surface area contributed by atoms with Gasteiger partial charge in [0.05, 0.1) is 15.4 Å². The number of esters is 1. The van der Waals surface area contributed by atoms with Gasteiger partial charge in [-0.05, 0) is 36.8 Å². The first-order valence-electron chi connectivity index (χ1n) is 7.09. The Morgan fingerprint density at radius 1 is 1.08 bits per heavy atom. The second kappa shape index (κ2) is 6.67. The fraction of sp³-hybridized carbons (Fsp3) is 0.111. The van der Waals surface area contributed by atoms with Crippen LogP contribution in [0.3, 0.4) is 0 Å². The topological polar surface area (TPSA) is 56.5 Å². The van der Waals surface area contributed by atoms with E-state index >= 15 is 0 Å². The van der Waals surface area contributed by atoms with Crippen molar-refractivity contribution in [3.05, 3.63) is 79.6 Å². The summed E-state index contributed by atoms with van der Waals surface area (Å²) < 4.78 is 10.6. The lowest BCUT2D eigenvalue weighted by Gasteiger charge is -2.06. The van der Waals surface area contributed by atoms with Gasteiger partial charge in [0.15, 0.2) is 5.43 Å². The van der Waals surface area contributed by atoms with Crippen molar-refractivity contribution >= 4 is 40.1 Å². The molecule has 1 aromatic heterocycles.